The van der Waals surface area contributed by atoms with Crippen LogP contribution in [0.3, 0.4) is 0 Å². The predicted octanol–water partition coefficient (Wildman–Crippen LogP) is 2.08. The van der Waals surface area contributed by atoms with Crippen molar-refractivity contribution < 1.29 is 13.8 Å². The first-order valence-corrected chi connectivity index (χ1v) is 6.16. The number of benzene rings is 1. The quantitative estimate of drug-likeness (QED) is 0.582. The Morgan fingerprint density at radius 3 is 2.80 bits per heavy atom. The third-order valence-corrected chi connectivity index (χ3v) is 3.32. The van der Waals surface area contributed by atoms with Crippen molar-refractivity contribution in [3.05, 3.63) is 54.2 Å². The molecule has 0 aliphatic rings. The molecular weight excluding hydrogens is 254 g/mol. The maximum absolute atomic E-state index is 12.3. The molecule has 0 bridgehead atoms. The van der Waals surface area contributed by atoms with Gasteiger partial charge in [0.1, 0.15) is 0 Å². The molecular formula is C15H12N3O2+. The summed E-state index contributed by atoms with van der Waals surface area (Å²) in [5.41, 5.74) is 1.83. The van der Waals surface area contributed by atoms with Crippen LogP contribution in [0.15, 0.2) is 47.1 Å². The van der Waals surface area contributed by atoms with Crippen molar-refractivity contribution in [1.82, 2.24) is 4.98 Å². The van der Waals surface area contributed by atoms with Crippen LogP contribution in [-0.4, -0.2) is 10.8 Å². The zero-order chi connectivity index (χ0) is 14.1. The molecule has 0 aliphatic heterocycles. The van der Waals surface area contributed by atoms with Gasteiger partial charge < -0.3 is 4.42 Å². The lowest BCUT2D eigenvalue weighted by Crippen LogP contribution is -2.35. The average Bonchev–Trinajstić information content (AvgIpc) is 3.09. The first kappa shape index (κ1) is 12.2. The standard InChI is InChI=1S/C15H11N3O2/c1-18-12-6-3-2-5-11(12)17-15(18)10(9-16)14(19)13-7-4-8-20-13/h2-8,10H,1H3/p+1. The Hall–Kier alpha value is -2.87. The molecule has 0 saturated heterocycles. The molecule has 0 fully saturated rings. The summed E-state index contributed by atoms with van der Waals surface area (Å²) in [5.74, 6) is -0.525. The van der Waals surface area contributed by atoms with Crippen LogP contribution >= 0.6 is 0 Å². The van der Waals surface area contributed by atoms with E-state index in [0.29, 0.717) is 5.82 Å². The Morgan fingerprint density at radius 1 is 1.35 bits per heavy atom. The van der Waals surface area contributed by atoms with Gasteiger partial charge in [0, 0.05) is 0 Å². The summed E-state index contributed by atoms with van der Waals surface area (Å²) < 4.78 is 6.91. The molecule has 5 heteroatoms. The number of ketones is 1. The molecule has 0 aliphatic carbocycles. The molecule has 2 aromatic heterocycles. The Balaban J connectivity index is 2.11. The van der Waals surface area contributed by atoms with Crippen LogP contribution in [0.1, 0.15) is 22.3 Å². The van der Waals surface area contributed by atoms with Crippen molar-refractivity contribution in [2.24, 2.45) is 7.05 Å². The minimum Gasteiger partial charge on any atom is -0.461 e. The fourth-order valence-electron chi connectivity index (χ4n) is 2.29. The minimum atomic E-state index is -0.918. The zero-order valence-corrected chi connectivity index (χ0v) is 10.8. The number of nitrogens with one attached hydrogen (secondary N) is 1. The number of imidazole rings is 1. The van der Waals surface area contributed by atoms with Crippen LogP contribution in [0, 0.1) is 11.3 Å². The van der Waals surface area contributed by atoms with E-state index in [1.807, 2.05) is 41.9 Å². The maximum Gasteiger partial charge on any atom is 0.280 e. The molecule has 0 radical (unpaired) electrons. The highest BCUT2D eigenvalue weighted by Crippen LogP contribution is 2.19. The number of rotatable bonds is 3. The number of carbonyl (C=O) groups excluding carboxylic acids is 1. The van der Waals surface area contributed by atoms with Gasteiger partial charge in [0.2, 0.25) is 11.7 Å². The highest BCUT2D eigenvalue weighted by atomic mass is 16.3. The SMILES string of the molecule is C[n+]1c(C(C#N)C(=O)c2ccco2)[nH]c2ccccc21. The second-order valence-electron chi connectivity index (χ2n) is 4.49. The van der Waals surface area contributed by atoms with Crippen LogP contribution < -0.4 is 4.57 Å². The Kier molecular flexibility index (Phi) is 2.84. The minimum absolute atomic E-state index is 0.190. The third kappa shape index (κ3) is 1.79. The lowest BCUT2D eigenvalue weighted by molar-refractivity contribution is -0.652. The monoisotopic (exact) mass is 266 g/mol. The number of Topliss-reactive ketones (excluding diaryl/α,β-unsaturated/α-hetero) is 1. The summed E-state index contributed by atoms with van der Waals surface area (Å²) in [6.07, 6.45) is 1.42. The van der Waals surface area contributed by atoms with Gasteiger partial charge in [0.15, 0.2) is 16.8 Å². The van der Waals surface area contributed by atoms with Gasteiger partial charge in [-0.25, -0.2) is 9.55 Å². The Morgan fingerprint density at radius 2 is 2.15 bits per heavy atom. The van der Waals surface area contributed by atoms with Crippen LogP contribution in [0.25, 0.3) is 11.0 Å². The van der Waals surface area contributed by atoms with Gasteiger partial charge in [-0.1, -0.05) is 12.1 Å². The molecule has 0 spiro atoms. The van der Waals surface area contributed by atoms with Crippen molar-refractivity contribution in [1.29, 1.82) is 5.26 Å². The third-order valence-electron chi connectivity index (χ3n) is 3.32. The zero-order valence-electron chi connectivity index (χ0n) is 10.8. The van der Waals surface area contributed by atoms with E-state index in [1.54, 1.807) is 12.1 Å². The first-order chi connectivity index (χ1) is 9.72. The molecule has 1 N–H and O–H groups in total. The van der Waals surface area contributed by atoms with E-state index in [2.05, 4.69) is 4.98 Å². The number of H-pyrrole nitrogens is 1. The van der Waals surface area contributed by atoms with E-state index in [0.717, 1.165) is 11.0 Å². The lowest BCUT2D eigenvalue weighted by atomic mass is 10.0. The molecule has 1 atom stereocenters. The molecule has 3 rings (SSSR count). The second-order valence-corrected chi connectivity index (χ2v) is 4.49. The molecule has 98 valence electrons. The molecule has 0 saturated carbocycles. The van der Waals surface area contributed by atoms with Gasteiger partial charge in [0.25, 0.3) is 5.82 Å². The fraction of sp³-hybridized carbons (Fsp3) is 0.133. The molecule has 3 aromatic rings. The first-order valence-electron chi connectivity index (χ1n) is 6.16. The smallest absolute Gasteiger partial charge is 0.280 e. The summed E-state index contributed by atoms with van der Waals surface area (Å²) in [6, 6.07) is 12.9. The number of nitriles is 1. The number of aromatic nitrogens is 2. The fourth-order valence-corrected chi connectivity index (χ4v) is 2.29. The number of fused-ring (bicyclic) bond motifs is 1. The summed E-state index contributed by atoms with van der Waals surface area (Å²) in [4.78, 5) is 15.5. The largest absolute Gasteiger partial charge is 0.461 e. The molecule has 5 nitrogen and oxygen atoms in total. The normalized spacial score (nSPS) is 12.2. The molecule has 2 heterocycles. The van der Waals surface area contributed by atoms with E-state index >= 15 is 0 Å². The summed E-state index contributed by atoms with van der Waals surface area (Å²) >= 11 is 0. The van der Waals surface area contributed by atoms with Crippen molar-refractivity contribution in [3.8, 4) is 6.07 Å². The van der Waals surface area contributed by atoms with E-state index in [1.165, 1.54) is 6.26 Å². The number of aromatic amines is 1. The number of hydrogen-bond acceptors (Lipinski definition) is 3. The number of aryl methyl sites for hydroxylation is 1. The number of hydrogen-bond donors (Lipinski definition) is 1. The van der Waals surface area contributed by atoms with Crippen molar-refractivity contribution in [2.45, 2.75) is 5.92 Å². The Bertz CT molecular complexity index is 809. The Labute approximate surface area is 115 Å². The number of nitrogens with zero attached hydrogens (tertiary/aromatic N) is 2. The predicted molar refractivity (Wildman–Crippen MR) is 70.9 cm³/mol. The van der Waals surface area contributed by atoms with Gasteiger partial charge in [-0.15, -0.1) is 0 Å². The maximum atomic E-state index is 12.3. The van der Waals surface area contributed by atoms with Gasteiger partial charge >= 0.3 is 0 Å². The van der Waals surface area contributed by atoms with E-state index in [-0.39, 0.29) is 11.5 Å². The van der Waals surface area contributed by atoms with Gasteiger partial charge in [-0.05, 0) is 24.3 Å². The van der Waals surface area contributed by atoms with Gasteiger partial charge in [-0.3, -0.25) is 4.79 Å². The van der Waals surface area contributed by atoms with Crippen LogP contribution in [0.2, 0.25) is 0 Å². The summed E-state index contributed by atoms with van der Waals surface area (Å²) in [5, 5.41) is 9.35. The number of furan rings is 1. The van der Waals surface area contributed by atoms with Crippen molar-refractivity contribution >= 4 is 16.8 Å². The van der Waals surface area contributed by atoms with E-state index in [9.17, 15) is 10.1 Å². The highest BCUT2D eigenvalue weighted by Gasteiger charge is 2.33. The van der Waals surface area contributed by atoms with Gasteiger partial charge in [0.05, 0.1) is 19.4 Å². The van der Waals surface area contributed by atoms with Crippen LogP contribution in [0.4, 0.5) is 0 Å². The van der Waals surface area contributed by atoms with Crippen LogP contribution in [0.5, 0.6) is 0 Å². The van der Waals surface area contributed by atoms with Crippen molar-refractivity contribution in [3.63, 3.8) is 0 Å². The number of para-hydroxylation sites is 2. The van der Waals surface area contributed by atoms with E-state index in [4.69, 9.17) is 4.42 Å². The van der Waals surface area contributed by atoms with Gasteiger partial charge in [-0.2, -0.15) is 5.26 Å². The molecule has 20 heavy (non-hydrogen) atoms. The summed E-state index contributed by atoms with van der Waals surface area (Å²) in [7, 11) is 1.83. The molecule has 0 amide bonds. The summed E-state index contributed by atoms with van der Waals surface area (Å²) in [6.45, 7) is 0. The topological polar surface area (TPSA) is 73.7 Å². The highest BCUT2D eigenvalue weighted by molar-refractivity contribution is 6.00. The lowest BCUT2D eigenvalue weighted by Gasteiger charge is -2.01. The number of carbonyl (C=O) groups is 1. The molecule has 1 unspecified atom stereocenters. The molecule has 1 aromatic carbocycles. The average molecular weight is 266 g/mol. The van der Waals surface area contributed by atoms with Crippen molar-refractivity contribution in [2.75, 3.05) is 0 Å². The van der Waals surface area contributed by atoms with Crippen LogP contribution in [-0.2, 0) is 7.05 Å². The van der Waals surface area contributed by atoms with E-state index < -0.39 is 5.92 Å². The second kappa shape index (κ2) is 4.67.